The van der Waals surface area contributed by atoms with Crippen molar-refractivity contribution in [3.63, 3.8) is 0 Å². The molecule has 0 unspecified atom stereocenters. The van der Waals surface area contributed by atoms with Gasteiger partial charge in [-0.3, -0.25) is 0 Å². The van der Waals surface area contributed by atoms with Crippen LogP contribution >= 0.6 is 0 Å². The van der Waals surface area contributed by atoms with E-state index in [1.165, 1.54) is 16.7 Å². The van der Waals surface area contributed by atoms with Crippen molar-refractivity contribution in [1.82, 2.24) is 5.32 Å². The normalized spacial score (nSPS) is 10.5. The topological polar surface area (TPSA) is 21.3 Å². The molecule has 0 aliphatic carbocycles. The quantitative estimate of drug-likeness (QED) is 0.759. The maximum atomic E-state index is 5.75. The molecule has 2 heteroatoms. The fraction of sp³-hybridized carbons (Fsp3) is 0.333. The highest BCUT2D eigenvalue weighted by atomic mass is 16.5. The first-order chi connectivity index (χ1) is 9.86. The molecule has 0 spiro atoms. The molecule has 1 N–H and O–H groups in total. The molecule has 0 aromatic heterocycles. The summed E-state index contributed by atoms with van der Waals surface area (Å²) in [6.07, 6.45) is 1.15. The Kier molecular flexibility index (Phi) is 5.63. The molecule has 2 aromatic rings. The second-order valence-electron chi connectivity index (χ2n) is 4.76. The highest BCUT2D eigenvalue weighted by molar-refractivity contribution is 5.73. The number of benzene rings is 2. The minimum Gasteiger partial charge on any atom is -0.493 e. The first kappa shape index (κ1) is 14.6. The third-order valence-electron chi connectivity index (χ3n) is 3.24. The van der Waals surface area contributed by atoms with Crippen molar-refractivity contribution in [2.24, 2.45) is 0 Å². The van der Waals surface area contributed by atoms with Gasteiger partial charge in [-0.2, -0.15) is 0 Å². The lowest BCUT2D eigenvalue weighted by Gasteiger charge is -2.14. The summed E-state index contributed by atoms with van der Waals surface area (Å²) in [6.45, 7) is 6.83. The maximum Gasteiger partial charge on any atom is 0.127 e. The van der Waals surface area contributed by atoms with Gasteiger partial charge in [-0.15, -0.1) is 0 Å². The monoisotopic (exact) mass is 269 g/mol. The minimum absolute atomic E-state index is 0.688. The third kappa shape index (κ3) is 3.61. The summed E-state index contributed by atoms with van der Waals surface area (Å²) in [5.41, 5.74) is 3.73. The van der Waals surface area contributed by atoms with E-state index in [9.17, 15) is 0 Å². The Balaban J connectivity index is 2.32. The number of nitrogens with one attached hydrogen (secondary N) is 1. The van der Waals surface area contributed by atoms with E-state index >= 15 is 0 Å². The predicted octanol–water partition coefficient (Wildman–Crippen LogP) is 4.25. The lowest BCUT2D eigenvalue weighted by Crippen LogP contribution is -2.14. The summed E-state index contributed by atoms with van der Waals surface area (Å²) in [7, 11) is 0. The van der Waals surface area contributed by atoms with Crippen LogP contribution in [-0.2, 0) is 6.54 Å². The molecule has 2 nitrogen and oxygen atoms in total. The molecule has 0 bridgehead atoms. The van der Waals surface area contributed by atoms with Gasteiger partial charge in [0.1, 0.15) is 5.75 Å². The largest absolute Gasteiger partial charge is 0.493 e. The van der Waals surface area contributed by atoms with Crippen LogP contribution in [0.1, 0.15) is 25.8 Å². The standard InChI is InChI=1S/C18H23NO/c1-3-13-19-14-15-9-5-6-10-16(15)17-11-7-8-12-18(17)20-4-2/h5-12,19H,3-4,13-14H2,1-2H3. The van der Waals surface area contributed by atoms with E-state index in [0.717, 1.165) is 25.3 Å². The maximum absolute atomic E-state index is 5.75. The zero-order chi connectivity index (χ0) is 14.2. The van der Waals surface area contributed by atoms with Crippen LogP contribution in [0.5, 0.6) is 5.75 Å². The van der Waals surface area contributed by atoms with Gasteiger partial charge in [0.15, 0.2) is 0 Å². The minimum atomic E-state index is 0.688. The Labute approximate surface area is 121 Å². The van der Waals surface area contributed by atoms with Crippen molar-refractivity contribution < 1.29 is 4.74 Å². The SMILES string of the molecule is CCCNCc1ccccc1-c1ccccc1OCC. The Bertz CT molecular complexity index is 536. The Hall–Kier alpha value is -1.80. The summed E-state index contributed by atoms with van der Waals surface area (Å²) >= 11 is 0. The summed E-state index contributed by atoms with van der Waals surface area (Å²) in [4.78, 5) is 0. The number of hydrogen-bond acceptors (Lipinski definition) is 2. The van der Waals surface area contributed by atoms with Crippen molar-refractivity contribution in [2.45, 2.75) is 26.8 Å². The second-order valence-corrected chi connectivity index (χ2v) is 4.76. The highest BCUT2D eigenvalue weighted by Crippen LogP contribution is 2.32. The fourth-order valence-corrected chi connectivity index (χ4v) is 2.31. The molecule has 0 atom stereocenters. The average molecular weight is 269 g/mol. The van der Waals surface area contributed by atoms with Crippen LogP contribution in [-0.4, -0.2) is 13.2 Å². The van der Waals surface area contributed by atoms with Gasteiger partial charge in [0.25, 0.3) is 0 Å². The summed E-state index contributed by atoms with van der Waals surface area (Å²) < 4.78 is 5.75. The number of hydrogen-bond donors (Lipinski definition) is 1. The second kappa shape index (κ2) is 7.71. The van der Waals surface area contributed by atoms with Gasteiger partial charge in [0.05, 0.1) is 6.61 Å². The van der Waals surface area contributed by atoms with E-state index in [2.05, 4.69) is 48.6 Å². The molecule has 0 aliphatic heterocycles. The van der Waals surface area contributed by atoms with Crippen molar-refractivity contribution in [1.29, 1.82) is 0 Å². The Morgan fingerprint density at radius 2 is 1.60 bits per heavy atom. The molecule has 20 heavy (non-hydrogen) atoms. The predicted molar refractivity (Wildman–Crippen MR) is 85.0 cm³/mol. The molecular formula is C18H23NO. The van der Waals surface area contributed by atoms with Gasteiger partial charge in [-0.1, -0.05) is 49.4 Å². The first-order valence-electron chi connectivity index (χ1n) is 7.37. The van der Waals surface area contributed by atoms with Crippen LogP contribution in [0, 0.1) is 0 Å². The van der Waals surface area contributed by atoms with Gasteiger partial charge in [-0.05, 0) is 37.1 Å². The third-order valence-corrected chi connectivity index (χ3v) is 3.24. The zero-order valence-electron chi connectivity index (χ0n) is 12.4. The van der Waals surface area contributed by atoms with Gasteiger partial charge in [0, 0.05) is 12.1 Å². The van der Waals surface area contributed by atoms with Crippen molar-refractivity contribution in [3.05, 3.63) is 54.1 Å². The van der Waals surface area contributed by atoms with Gasteiger partial charge in [-0.25, -0.2) is 0 Å². The van der Waals surface area contributed by atoms with E-state index in [1.807, 2.05) is 19.1 Å². The van der Waals surface area contributed by atoms with E-state index in [-0.39, 0.29) is 0 Å². The Morgan fingerprint density at radius 3 is 2.35 bits per heavy atom. The van der Waals surface area contributed by atoms with Gasteiger partial charge >= 0.3 is 0 Å². The van der Waals surface area contributed by atoms with Crippen LogP contribution < -0.4 is 10.1 Å². The van der Waals surface area contributed by atoms with Crippen LogP contribution in [0.4, 0.5) is 0 Å². The van der Waals surface area contributed by atoms with Crippen molar-refractivity contribution in [3.8, 4) is 16.9 Å². The van der Waals surface area contributed by atoms with Crippen LogP contribution in [0.15, 0.2) is 48.5 Å². The van der Waals surface area contributed by atoms with Gasteiger partial charge in [0.2, 0.25) is 0 Å². The molecule has 0 radical (unpaired) electrons. The van der Waals surface area contributed by atoms with Crippen LogP contribution in [0.25, 0.3) is 11.1 Å². The number of rotatable bonds is 7. The molecule has 0 saturated carbocycles. The molecule has 106 valence electrons. The highest BCUT2D eigenvalue weighted by Gasteiger charge is 2.09. The van der Waals surface area contributed by atoms with Crippen molar-refractivity contribution >= 4 is 0 Å². The Morgan fingerprint density at radius 1 is 0.900 bits per heavy atom. The van der Waals surface area contributed by atoms with E-state index in [1.54, 1.807) is 0 Å². The van der Waals surface area contributed by atoms with Crippen molar-refractivity contribution in [2.75, 3.05) is 13.2 Å². The first-order valence-corrected chi connectivity index (χ1v) is 7.37. The molecular weight excluding hydrogens is 246 g/mol. The van der Waals surface area contributed by atoms with Crippen LogP contribution in [0.3, 0.4) is 0 Å². The number of ether oxygens (including phenoxy) is 1. The molecule has 0 fully saturated rings. The molecule has 0 amide bonds. The molecule has 0 heterocycles. The fourth-order valence-electron chi connectivity index (χ4n) is 2.31. The molecule has 0 aliphatic rings. The molecule has 2 rings (SSSR count). The number of para-hydroxylation sites is 1. The summed E-state index contributed by atoms with van der Waals surface area (Å²) in [6, 6.07) is 16.8. The average Bonchev–Trinajstić information content (AvgIpc) is 2.49. The summed E-state index contributed by atoms with van der Waals surface area (Å²) in [5, 5.41) is 3.47. The van der Waals surface area contributed by atoms with E-state index < -0.39 is 0 Å². The van der Waals surface area contributed by atoms with Crippen LogP contribution in [0.2, 0.25) is 0 Å². The van der Waals surface area contributed by atoms with E-state index in [0.29, 0.717) is 6.61 Å². The lowest BCUT2D eigenvalue weighted by molar-refractivity contribution is 0.341. The smallest absolute Gasteiger partial charge is 0.127 e. The molecule has 0 saturated heterocycles. The van der Waals surface area contributed by atoms with Gasteiger partial charge < -0.3 is 10.1 Å². The zero-order valence-corrected chi connectivity index (χ0v) is 12.4. The lowest BCUT2D eigenvalue weighted by atomic mass is 9.99. The summed E-state index contributed by atoms with van der Waals surface area (Å²) in [5.74, 6) is 0.956. The molecule has 2 aromatic carbocycles. The van der Waals surface area contributed by atoms with E-state index in [4.69, 9.17) is 4.74 Å².